The summed E-state index contributed by atoms with van der Waals surface area (Å²) in [4.78, 5) is 0. The van der Waals surface area contributed by atoms with Crippen LogP contribution in [-0.4, -0.2) is 0 Å². The van der Waals surface area contributed by atoms with Crippen LogP contribution in [0.4, 0.5) is 10.1 Å². The first-order valence-electron chi connectivity index (χ1n) is 5.37. The molecular formula is C14H10BrFN2. The minimum atomic E-state index is -0.405. The van der Waals surface area contributed by atoms with E-state index in [2.05, 4.69) is 21.2 Å². The zero-order valence-corrected chi connectivity index (χ0v) is 11.0. The maximum Gasteiger partial charge on any atom is 0.124 e. The first kappa shape index (κ1) is 12.6. The molecule has 0 aliphatic carbocycles. The number of anilines is 1. The van der Waals surface area contributed by atoms with E-state index in [1.54, 1.807) is 6.07 Å². The summed E-state index contributed by atoms with van der Waals surface area (Å²) < 4.78 is 14.0. The van der Waals surface area contributed by atoms with E-state index in [1.807, 2.05) is 30.3 Å². The van der Waals surface area contributed by atoms with E-state index in [4.69, 9.17) is 5.26 Å². The maximum atomic E-state index is 13.0. The number of hydrogen-bond donors (Lipinski definition) is 1. The lowest BCUT2D eigenvalue weighted by molar-refractivity contribution is 0.627. The second kappa shape index (κ2) is 5.65. The third kappa shape index (κ3) is 2.88. The summed E-state index contributed by atoms with van der Waals surface area (Å²) in [6.07, 6.45) is 0. The predicted molar refractivity (Wildman–Crippen MR) is 72.6 cm³/mol. The monoisotopic (exact) mass is 304 g/mol. The predicted octanol–water partition coefficient (Wildman–Crippen LogP) is 4.07. The molecule has 2 aromatic rings. The van der Waals surface area contributed by atoms with Gasteiger partial charge >= 0.3 is 0 Å². The molecule has 0 spiro atoms. The lowest BCUT2D eigenvalue weighted by atomic mass is 10.1. The molecule has 0 saturated carbocycles. The molecule has 0 atom stereocenters. The van der Waals surface area contributed by atoms with E-state index in [-0.39, 0.29) is 0 Å². The second-order valence-electron chi connectivity index (χ2n) is 3.75. The second-order valence-corrected chi connectivity index (χ2v) is 4.60. The molecule has 18 heavy (non-hydrogen) atoms. The normalized spacial score (nSPS) is 9.83. The molecule has 0 unspecified atom stereocenters. The Bertz CT molecular complexity index is 605. The molecule has 2 rings (SSSR count). The van der Waals surface area contributed by atoms with Crippen LogP contribution in [0, 0.1) is 17.1 Å². The van der Waals surface area contributed by atoms with Gasteiger partial charge in [0.25, 0.3) is 0 Å². The van der Waals surface area contributed by atoms with Crippen molar-refractivity contribution in [3.05, 3.63) is 63.9 Å². The van der Waals surface area contributed by atoms with Gasteiger partial charge in [-0.1, -0.05) is 34.1 Å². The highest BCUT2D eigenvalue weighted by atomic mass is 79.9. The van der Waals surface area contributed by atoms with Crippen molar-refractivity contribution in [3.63, 3.8) is 0 Å². The van der Waals surface area contributed by atoms with E-state index in [0.717, 1.165) is 10.0 Å². The zero-order valence-electron chi connectivity index (χ0n) is 9.45. The standard InChI is InChI=1S/C14H10BrFN2/c15-13-4-2-1-3-10(13)9-18-14-6-5-12(16)7-11(14)8-17/h1-7,18H,9H2. The van der Waals surface area contributed by atoms with Gasteiger partial charge in [-0.05, 0) is 29.8 Å². The number of nitrogens with zero attached hydrogens (tertiary/aromatic N) is 1. The fourth-order valence-electron chi connectivity index (χ4n) is 1.60. The zero-order chi connectivity index (χ0) is 13.0. The lowest BCUT2D eigenvalue weighted by Gasteiger charge is -2.09. The number of nitriles is 1. The maximum absolute atomic E-state index is 13.0. The third-order valence-corrected chi connectivity index (χ3v) is 3.30. The molecule has 0 bridgehead atoms. The van der Waals surface area contributed by atoms with E-state index in [9.17, 15) is 4.39 Å². The van der Waals surface area contributed by atoms with Crippen molar-refractivity contribution in [3.8, 4) is 6.07 Å². The number of rotatable bonds is 3. The highest BCUT2D eigenvalue weighted by Crippen LogP contribution is 2.20. The summed E-state index contributed by atoms with van der Waals surface area (Å²) in [6, 6.07) is 13.9. The molecule has 2 nitrogen and oxygen atoms in total. The van der Waals surface area contributed by atoms with Crippen molar-refractivity contribution >= 4 is 21.6 Å². The Morgan fingerprint density at radius 2 is 2.00 bits per heavy atom. The van der Waals surface area contributed by atoms with Gasteiger partial charge in [-0.3, -0.25) is 0 Å². The number of halogens is 2. The Hall–Kier alpha value is -1.86. The molecule has 0 amide bonds. The molecule has 4 heteroatoms. The Kier molecular flexibility index (Phi) is 3.96. The summed E-state index contributed by atoms with van der Waals surface area (Å²) in [6.45, 7) is 0.571. The molecule has 0 heterocycles. The van der Waals surface area contributed by atoms with Gasteiger partial charge < -0.3 is 5.32 Å². The van der Waals surface area contributed by atoms with Crippen LogP contribution < -0.4 is 5.32 Å². The Morgan fingerprint density at radius 1 is 1.22 bits per heavy atom. The Labute approximate surface area is 113 Å². The third-order valence-electron chi connectivity index (χ3n) is 2.53. The van der Waals surface area contributed by atoms with E-state index < -0.39 is 5.82 Å². The van der Waals surface area contributed by atoms with Crippen molar-refractivity contribution in [1.82, 2.24) is 0 Å². The minimum Gasteiger partial charge on any atom is -0.380 e. The van der Waals surface area contributed by atoms with Crippen LogP contribution in [0.3, 0.4) is 0 Å². The summed E-state index contributed by atoms with van der Waals surface area (Å²) in [7, 11) is 0. The first-order valence-corrected chi connectivity index (χ1v) is 6.17. The van der Waals surface area contributed by atoms with E-state index in [0.29, 0.717) is 17.8 Å². The summed E-state index contributed by atoms with van der Waals surface area (Å²) in [5.74, 6) is -0.405. The lowest BCUT2D eigenvalue weighted by Crippen LogP contribution is -2.02. The average molecular weight is 305 g/mol. The van der Waals surface area contributed by atoms with Gasteiger partial charge in [0.05, 0.1) is 11.3 Å². The van der Waals surface area contributed by atoms with Crippen LogP contribution >= 0.6 is 15.9 Å². The van der Waals surface area contributed by atoms with Gasteiger partial charge in [0, 0.05) is 11.0 Å². The fraction of sp³-hybridized carbons (Fsp3) is 0.0714. The van der Waals surface area contributed by atoms with Gasteiger partial charge in [-0.15, -0.1) is 0 Å². The summed E-state index contributed by atoms with van der Waals surface area (Å²) in [5.41, 5.74) is 2.02. The van der Waals surface area contributed by atoms with Crippen molar-refractivity contribution in [2.45, 2.75) is 6.54 Å². The minimum absolute atomic E-state index is 0.307. The van der Waals surface area contributed by atoms with Gasteiger partial charge in [0.2, 0.25) is 0 Å². The molecule has 0 aromatic heterocycles. The van der Waals surface area contributed by atoms with E-state index >= 15 is 0 Å². The van der Waals surface area contributed by atoms with Gasteiger partial charge in [0.1, 0.15) is 11.9 Å². The van der Waals surface area contributed by atoms with Crippen molar-refractivity contribution in [1.29, 1.82) is 5.26 Å². The highest BCUT2D eigenvalue weighted by Gasteiger charge is 2.04. The van der Waals surface area contributed by atoms with Crippen molar-refractivity contribution in [2.75, 3.05) is 5.32 Å². The Balaban J connectivity index is 2.16. The fourth-order valence-corrected chi connectivity index (χ4v) is 2.02. The smallest absolute Gasteiger partial charge is 0.124 e. The SMILES string of the molecule is N#Cc1cc(F)ccc1NCc1ccccc1Br. The molecule has 0 aliphatic heterocycles. The van der Waals surface area contributed by atoms with E-state index in [1.165, 1.54) is 12.1 Å². The van der Waals surface area contributed by atoms with Crippen molar-refractivity contribution < 1.29 is 4.39 Å². The number of hydrogen-bond acceptors (Lipinski definition) is 2. The Morgan fingerprint density at radius 3 is 2.72 bits per heavy atom. The highest BCUT2D eigenvalue weighted by molar-refractivity contribution is 9.10. The summed E-state index contributed by atoms with van der Waals surface area (Å²) >= 11 is 3.45. The van der Waals surface area contributed by atoms with Crippen LogP contribution in [0.2, 0.25) is 0 Å². The molecule has 0 radical (unpaired) electrons. The molecule has 1 N–H and O–H groups in total. The largest absolute Gasteiger partial charge is 0.380 e. The van der Waals surface area contributed by atoms with Crippen LogP contribution in [0.1, 0.15) is 11.1 Å². The van der Waals surface area contributed by atoms with Crippen LogP contribution in [0.5, 0.6) is 0 Å². The molecular weight excluding hydrogens is 295 g/mol. The van der Waals surface area contributed by atoms with Gasteiger partial charge in [0.15, 0.2) is 0 Å². The van der Waals surface area contributed by atoms with Gasteiger partial charge in [-0.2, -0.15) is 5.26 Å². The number of nitrogens with one attached hydrogen (secondary N) is 1. The quantitative estimate of drug-likeness (QED) is 0.927. The summed E-state index contributed by atoms with van der Waals surface area (Å²) in [5, 5.41) is 12.1. The number of benzene rings is 2. The molecule has 2 aromatic carbocycles. The molecule has 90 valence electrons. The average Bonchev–Trinajstić information content (AvgIpc) is 2.39. The molecule has 0 aliphatic rings. The molecule has 0 saturated heterocycles. The van der Waals surface area contributed by atoms with Crippen LogP contribution in [0.25, 0.3) is 0 Å². The van der Waals surface area contributed by atoms with Crippen molar-refractivity contribution in [2.24, 2.45) is 0 Å². The van der Waals surface area contributed by atoms with Gasteiger partial charge in [-0.25, -0.2) is 4.39 Å². The van der Waals surface area contributed by atoms with Crippen LogP contribution in [-0.2, 0) is 6.54 Å². The first-order chi connectivity index (χ1) is 8.70. The molecule has 0 fully saturated rings. The van der Waals surface area contributed by atoms with Crippen LogP contribution in [0.15, 0.2) is 46.9 Å². The topological polar surface area (TPSA) is 35.8 Å².